The van der Waals surface area contributed by atoms with E-state index in [0.717, 1.165) is 24.8 Å². The summed E-state index contributed by atoms with van der Waals surface area (Å²) in [5.41, 5.74) is 5.46. The molecular weight excluding hydrogens is 186 g/mol. The Morgan fingerprint density at radius 3 is 3.08 bits per heavy atom. The van der Waals surface area contributed by atoms with E-state index in [2.05, 4.69) is 20.1 Å². The van der Waals surface area contributed by atoms with Gasteiger partial charge in [0.15, 0.2) is 0 Å². The molecule has 1 aromatic heterocycles. The molecular formula is C7H13N5S. The molecule has 6 heteroatoms. The molecule has 0 aromatic carbocycles. The van der Waals surface area contributed by atoms with Crippen molar-refractivity contribution in [3.63, 3.8) is 0 Å². The van der Waals surface area contributed by atoms with Crippen LogP contribution >= 0.6 is 11.8 Å². The lowest BCUT2D eigenvalue weighted by atomic mass is 10.4. The lowest BCUT2D eigenvalue weighted by Crippen LogP contribution is -2.26. The van der Waals surface area contributed by atoms with Gasteiger partial charge in [0, 0.05) is 18.8 Å². The fraction of sp³-hybridized carbons (Fsp3) is 0.714. The Hall–Kier alpha value is -0.910. The van der Waals surface area contributed by atoms with Gasteiger partial charge in [-0.3, -0.25) is 0 Å². The molecule has 5 nitrogen and oxygen atoms in total. The van der Waals surface area contributed by atoms with E-state index in [1.165, 1.54) is 12.2 Å². The summed E-state index contributed by atoms with van der Waals surface area (Å²) < 4.78 is 0. The fourth-order valence-electron chi connectivity index (χ4n) is 1.35. The molecule has 1 fully saturated rings. The predicted molar refractivity (Wildman–Crippen MR) is 55.0 cm³/mol. The Bertz CT molecular complexity index is 266. The van der Waals surface area contributed by atoms with Gasteiger partial charge in [-0.05, 0) is 12.2 Å². The quantitative estimate of drug-likeness (QED) is 0.682. The maximum absolute atomic E-state index is 5.46. The molecule has 0 spiro atoms. The monoisotopic (exact) mass is 199 g/mol. The molecule has 1 aliphatic rings. The smallest absolute Gasteiger partial charge is 0.246 e. The molecule has 3 N–H and O–H groups in total. The second kappa shape index (κ2) is 3.87. The third kappa shape index (κ3) is 2.06. The van der Waals surface area contributed by atoms with Crippen molar-refractivity contribution in [2.75, 3.05) is 35.2 Å². The summed E-state index contributed by atoms with van der Waals surface area (Å²) in [4.78, 5) is 6.28. The largest absolute Gasteiger partial charge is 0.368 e. The van der Waals surface area contributed by atoms with Gasteiger partial charge < -0.3 is 10.6 Å². The Kier molecular flexibility index (Phi) is 2.58. The molecule has 0 unspecified atom stereocenters. The summed E-state index contributed by atoms with van der Waals surface area (Å²) in [5, 5.41) is 6.69. The van der Waals surface area contributed by atoms with Gasteiger partial charge in [0.2, 0.25) is 11.9 Å². The lowest BCUT2D eigenvalue weighted by molar-refractivity contribution is 0.785. The van der Waals surface area contributed by atoms with Crippen LogP contribution in [0.25, 0.3) is 0 Å². The third-order valence-corrected chi connectivity index (χ3v) is 3.04. The fourth-order valence-corrected chi connectivity index (χ4v) is 2.24. The molecule has 2 rings (SSSR count). The number of aromatic amines is 1. The molecule has 13 heavy (non-hydrogen) atoms. The summed E-state index contributed by atoms with van der Waals surface area (Å²) in [6, 6.07) is 0. The normalized spacial score (nSPS) is 18.6. The summed E-state index contributed by atoms with van der Waals surface area (Å²) in [7, 11) is 0. The van der Waals surface area contributed by atoms with Crippen molar-refractivity contribution in [2.45, 2.75) is 6.42 Å². The van der Waals surface area contributed by atoms with Crippen molar-refractivity contribution in [3.05, 3.63) is 0 Å². The van der Waals surface area contributed by atoms with E-state index in [4.69, 9.17) is 5.73 Å². The van der Waals surface area contributed by atoms with Crippen LogP contribution in [0.1, 0.15) is 6.42 Å². The third-order valence-electron chi connectivity index (χ3n) is 2.00. The van der Waals surface area contributed by atoms with E-state index >= 15 is 0 Å². The van der Waals surface area contributed by atoms with Crippen LogP contribution in [0.15, 0.2) is 0 Å². The van der Waals surface area contributed by atoms with Crippen molar-refractivity contribution >= 4 is 23.7 Å². The van der Waals surface area contributed by atoms with E-state index in [0.29, 0.717) is 5.95 Å². The van der Waals surface area contributed by atoms with Gasteiger partial charge in [0.25, 0.3) is 0 Å². The van der Waals surface area contributed by atoms with Gasteiger partial charge in [-0.1, -0.05) is 0 Å². The molecule has 0 radical (unpaired) electrons. The van der Waals surface area contributed by atoms with Crippen molar-refractivity contribution in [2.24, 2.45) is 0 Å². The molecule has 2 heterocycles. The molecule has 1 aromatic rings. The number of nitrogen functional groups attached to an aromatic ring is 1. The minimum Gasteiger partial charge on any atom is -0.368 e. The van der Waals surface area contributed by atoms with Gasteiger partial charge in [-0.2, -0.15) is 16.7 Å². The van der Waals surface area contributed by atoms with E-state index in [9.17, 15) is 0 Å². The summed E-state index contributed by atoms with van der Waals surface area (Å²) in [6.07, 6.45) is 1.19. The van der Waals surface area contributed by atoms with Crippen LogP contribution in [0.4, 0.5) is 11.9 Å². The maximum atomic E-state index is 5.46. The number of hydrogen-bond donors (Lipinski definition) is 2. The molecule has 0 atom stereocenters. The Labute approximate surface area is 81.1 Å². The zero-order valence-electron chi connectivity index (χ0n) is 7.36. The number of nitrogens with two attached hydrogens (primary N) is 1. The maximum Gasteiger partial charge on any atom is 0.246 e. The number of nitrogens with zero attached hydrogens (tertiary/aromatic N) is 3. The highest BCUT2D eigenvalue weighted by Crippen LogP contribution is 2.15. The number of rotatable bonds is 1. The van der Waals surface area contributed by atoms with Crippen molar-refractivity contribution < 1.29 is 0 Å². The van der Waals surface area contributed by atoms with Gasteiger partial charge in [-0.15, -0.1) is 5.10 Å². The first-order chi connectivity index (χ1) is 6.36. The molecule has 1 aliphatic heterocycles. The Balaban J connectivity index is 2.06. The average Bonchev–Trinajstić information content (AvgIpc) is 2.43. The summed E-state index contributed by atoms with van der Waals surface area (Å²) >= 11 is 1.98. The topological polar surface area (TPSA) is 70.8 Å². The van der Waals surface area contributed by atoms with Gasteiger partial charge >= 0.3 is 0 Å². The van der Waals surface area contributed by atoms with Crippen molar-refractivity contribution in [3.8, 4) is 0 Å². The molecule has 72 valence electrons. The highest BCUT2D eigenvalue weighted by atomic mass is 32.2. The zero-order chi connectivity index (χ0) is 9.10. The zero-order valence-corrected chi connectivity index (χ0v) is 8.18. The molecule has 0 aliphatic carbocycles. The van der Waals surface area contributed by atoms with Gasteiger partial charge in [-0.25, -0.2) is 5.10 Å². The van der Waals surface area contributed by atoms with Gasteiger partial charge in [0.1, 0.15) is 0 Å². The van der Waals surface area contributed by atoms with Crippen LogP contribution in [-0.2, 0) is 0 Å². The Morgan fingerprint density at radius 1 is 1.38 bits per heavy atom. The van der Waals surface area contributed by atoms with Crippen LogP contribution < -0.4 is 10.6 Å². The number of aromatic nitrogens is 3. The highest BCUT2D eigenvalue weighted by molar-refractivity contribution is 7.99. The van der Waals surface area contributed by atoms with E-state index in [1.807, 2.05) is 11.8 Å². The number of anilines is 2. The highest BCUT2D eigenvalue weighted by Gasteiger charge is 2.13. The standard InChI is InChI=1S/C7H13N5S/c8-6-9-7(11-10-6)12-2-1-4-13-5-3-12/h1-5H2,(H3,8,9,10,11). The SMILES string of the molecule is Nc1nc(N2CCCSCC2)n[nH]1. The molecule has 0 saturated carbocycles. The first kappa shape index (κ1) is 8.68. The van der Waals surface area contributed by atoms with Crippen molar-refractivity contribution in [1.29, 1.82) is 0 Å². The van der Waals surface area contributed by atoms with Crippen LogP contribution in [0.3, 0.4) is 0 Å². The van der Waals surface area contributed by atoms with E-state index in [-0.39, 0.29) is 0 Å². The van der Waals surface area contributed by atoms with E-state index in [1.54, 1.807) is 0 Å². The van der Waals surface area contributed by atoms with Crippen LogP contribution in [0.5, 0.6) is 0 Å². The predicted octanol–water partition coefficient (Wildman–Crippen LogP) is 0.330. The molecule has 1 saturated heterocycles. The first-order valence-electron chi connectivity index (χ1n) is 4.37. The second-order valence-electron chi connectivity index (χ2n) is 2.97. The van der Waals surface area contributed by atoms with Crippen LogP contribution in [0, 0.1) is 0 Å². The van der Waals surface area contributed by atoms with Gasteiger partial charge in [0.05, 0.1) is 0 Å². The minimum atomic E-state index is 0.395. The molecule has 0 amide bonds. The second-order valence-corrected chi connectivity index (χ2v) is 4.20. The first-order valence-corrected chi connectivity index (χ1v) is 5.52. The van der Waals surface area contributed by atoms with Crippen LogP contribution in [0.2, 0.25) is 0 Å². The van der Waals surface area contributed by atoms with E-state index < -0.39 is 0 Å². The summed E-state index contributed by atoms with van der Waals surface area (Å²) in [6.45, 7) is 2.05. The lowest BCUT2D eigenvalue weighted by Gasteiger charge is -2.16. The number of H-pyrrole nitrogens is 1. The Morgan fingerprint density at radius 2 is 2.31 bits per heavy atom. The minimum absolute atomic E-state index is 0.395. The van der Waals surface area contributed by atoms with Crippen LogP contribution in [-0.4, -0.2) is 39.8 Å². The van der Waals surface area contributed by atoms with Crippen molar-refractivity contribution in [1.82, 2.24) is 15.2 Å². The number of hydrogen-bond acceptors (Lipinski definition) is 5. The number of thioether (sulfide) groups is 1. The molecule has 0 bridgehead atoms. The average molecular weight is 199 g/mol. The number of nitrogens with one attached hydrogen (secondary N) is 1. The summed E-state index contributed by atoms with van der Waals surface area (Å²) in [5.74, 6) is 3.51.